The number of aliphatic hydroxyl groups is 1. The van der Waals surface area contributed by atoms with Crippen LogP contribution in [-0.2, 0) is 6.54 Å². The summed E-state index contributed by atoms with van der Waals surface area (Å²) in [6, 6.07) is 8.34. The molecule has 1 aromatic carbocycles. The maximum absolute atomic E-state index is 13.2. The van der Waals surface area contributed by atoms with E-state index < -0.39 is 12.3 Å². The fourth-order valence-electron chi connectivity index (χ4n) is 4.14. The highest BCUT2D eigenvalue weighted by Gasteiger charge is 2.28. The van der Waals surface area contributed by atoms with Crippen molar-refractivity contribution in [1.29, 1.82) is 0 Å². The van der Waals surface area contributed by atoms with Gasteiger partial charge in [-0.15, -0.1) is 0 Å². The van der Waals surface area contributed by atoms with Crippen LogP contribution in [0.1, 0.15) is 24.4 Å². The van der Waals surface area contributed by atoms with Crippen molar-refractivity contribution in [2.75, 3.05) is 46.4 Å². The second kappa shape index (κ2) is 9.76. The molecule has 3 heterocycles. The highest BCUT2D eigenvalue weighted by atomic mass is 19.1. The number of piperidine rings is 1. The molecule has 8 heteroatoms. The maximum atomic E-state index is 13.2. The molecule has 1 unspecified atom stereocenters. The Kier molecular flexibility index (Phi) is 6.86. The summed E-state index contributed by atoms with van der Waals surface area (Å²) in [5, 5.41) is 14.6. The number of benzene rings is 1. The highest BCUT2D eigenvalue weighted by molar-refractivity contribution is 5.43. The smallest absolute Gasteiger partial charge is 0.161 e. The van der Waals surface area contributed by atoms with Crippen LogP contribution >= 0.6 is 0 Å². The Morgan fingerprint density at radius 3 is 2.70 bits per heavy atom. The van der Waals surface area contributed by atoms with Gasteiger partial charge in [0.1, 0.15) is 18.9 Å². The van der Waals surface area contributed by atoms with E-state index in [9.17, 15) is 9.50 Å². The Morgan fingerprint density at radius 1 is 1.20 bits per heavy atom. The first kappa shape index (κ1) is 21.1. The largest absolute Gasteiger partial charge is 0.493 e. The van der Waals surface area contributed by atoms with Gasteiger partial charge in [-0.05, 0) is 36.6 Å². The van der Waals surface area contributed by atoms with Crippen LogP contribution in [0.4, 0.5) is 4.39 Å². The fraction of sp³-hybridized carbons (Fsp3) is 0.591. The van der Waals surface area contributed by atoms with Crippen LogP contribution in [0.3, 0.4) is 0 Å². The van der Waals surface area contributed by atoms with E-state index in [1.54, 1.807) is 7.11 Å². The van der Waals surface area contributed by atoms with E-state index in [2.05, 4.69) is 14.9 Å². The monoisotopic (exact) mass is 418 g/mol. The number of nitrogens with zero attached hydrogens (tertiary/aromatic N) is 4. The molecule has 2 fully saturated rings. The number of aromatic nitrogens is 2. The number of alkyl halides is 1. The molecule has 0 spiro atoms. The van der Waals surface area contributed by atoms with Crippen LogP contribution in [0.15, 0.2) is 36.7 Å². The number of hydrogen-bond acceptors (Lipinski definition) is 6. The van der Waals surface area contributed by atoms with E-state index in [1.165, 1.54) is 0 Å². The molecule has 2 aliphatic rings. The van der Waals surface area contributed by atoms with Crippen molar-refractivity contribution in [3.05, 3.63) is 42.2 Å². The average molecular weight is 419 g/mol. The van der Waals surface area contributed by atoms with Gasteiger partial charge in [-0.2, -0.15) is 5.10 Å². The number of likely N-dealkylation sites (tertiary alicyclic amines) is 2. The lowest BCUT2D eigenvalue weighted by Crippen LogP contribution is -2.47. The van der Waals surface area contributed by atoms with Crippen LogP contribution in [0.5, 0.6) is 11.5 Å². The van der Waals surface area contributed by atoms with E-state index in [4.69, 9.17) is 9.47 Å². The zero-order valence-corrected chi connectivity index (χ0v) is 17.5. The molecule has 164 valence electrons. The molecule has 30 heavy (non-hydrogen) atoms. The van der Waals surface area contributed by atoms with E-state index in [0.29, 0.717) is 50.0 Å². The summed E-state index contributed by atoms with van der Waals surface area (Å²) in [5.41, 5.74) is 1.16. The molecule has 7 nitrogen and oxygen atoms in total. The Bertz CT molecular complexity index is 790. The summed E-state index contributed by atoms with van der Waals surface area (Å²) >= 11 is 0. The summed E-state index contributed by atoms with van der Waals surface area (Å²) in [7, 11) is 1.63. The third-order valence-electron chi connectivity index (χ3n) is 5.89. The minimum Gasteiger partial charge on any atom is -0.493 e. The van der Waals surface area contributed by atoms with Crippen LogP contribution in [-0.4, -0.2) is 83.4 Å². The normalized spacial score (nSPS) is 20.1. The van der Waals surface area contributed by atoms with E-state index >= 15 is 0 Å². The zero-order chi connectivity index (χ0) is 20.9. The maximum Gasteiger partial charge on any atom is 0.161 e. The quantitative estimate of drug-likeness (QED) is 0.673. The number of aliphatic hydroxyl groups excluding tert-OH is 1. The highest BCUT2D eigenvalue weighted by Crippen LogP contribution is 2.30. The topological polar surface area (TPSA) is 63.0 Å². The molecule has 0 bridgehead atoms. The number of rotatable bonds is 9. The molecule has 1 N–H and O–H groups in total. The van der Waals surface area contributed by atoms with Gasteiger partial charge in [0, 0.05) is 51.7 Å². The Morgan fingerprint density at radius 2 is 2.00 bits per heavy atom. The molecule has 2 saturated heterocycles. The minimum atomic E-state index is -0.704. The molecule has 2 aromatic rings. The molecule has 0 saturated carbocycles. The molecule has 1 atom stereocenters. The van der Waals surface area contributed by atoms with Gasteiger partial charge in [-0.3, -0.25) is 9.58 Å². The zero-order valence-electron chi connectivity index (χ0n) is 17.5. The van der Waals surface area contributed by atoms with Crippen LogP contribution < -0.4 is 9.47 Å². The molecule has 0 radical (unpaired) electrons. The standard InChI is InChI=1S/C22H31FN4O3/c1-29-22-11-17(12-26-13-19(14-26)27-8-2-7-24-27)3-4-21(22)30-16-20(28)15-25-9-5-18(23)6-10-25/h2-4,7-8,11,18-20,28H,5-6,9-10,12-16H2,1H3. The van der Waals surface area contributed by atoms with Crippen molar-refractivity contribution >= 4 is 0 Å². The number of hydrogen-bond donors (Lipinski definition) is 1. The molecule has 0 aliphatic carbocycles. The summed E-state index contributed by atoms with van der Waals surface area (Å²) in [5.74, 6) is 1.29. The van der Waals surface area contributed by atoms with Crippen LogP contribution in [0.2, 0.25) is 0 Å². The van der Waals surface area contributed by atoms with Crippen molar-refractivity contribution < 1.29 is 19.0 Å². The molecule has 1 aromatic heterocycles. The Labute approximate surface area is 177 Å². The SMILES string of the molecule is COc1cc(CN2CC(n3cccn3)C2)ccc1OCC(O)CN1CCC(F)CC1. The second-order valence-corrected chi connectivity index (χ2v) is 8.26. The first-order valence-electron chi connectivity index (χ1n) is 10.7. The molecular weight excluding hydrogens is 387 g/mol. The van der Waals surface area contributed by atoms with Gasteiger partial charge in [-0.25, -0.2) is 4.39 Å². The molecular formula is C22H31FN4O3. The lowest BCUT2D eigenvalue weighted by atomic mass is 10.1. The molecule has 2 aliphatic heterocycles. The second-order valence-electron chi connectivity index (χ2n) is 8.26. The Balaban J connectivity index is 1.24. The van der Waals surface area contributed by atoms with Crippen molar-refractivity contribution in [1.82, 2.24) is 19.6 Å². The molecule has 4 rings (SSSR count). The van der Waals surface area contributed by atoms with E-state index in [-0.39, 0.29) is 6.61 Å². The van der Waals surface area contributed by atoms with Gasteiger partial charge in [0.05, 0.1) is 13.2 Å². The predicted octanol–water partition coefficient (Wildman–Crippen LogP) is 2.12. The average Bonchev–Trinajstić information content (AvgIpc) is 3.25. The van der Waals surface area contributed by atoms with Gasteiger partial charge in [-0.1, -0.05) is 6.07 Å². The summed E-state index contributed by atoms with van der Waals surface area (Å²) in [4.78, 5) is 4.46. The van der Waals surface area contributed by atoms with Crippen LogP contribution in [0, 0.1) is 0 Å². The van der Waals surface area contributed by atoms with Crippen molar-refractivity contribution in [2.24, 2.45) is 0 Å². The summed E-state index contributed by atoms with van der Waals surface area (Å²) < 4.78 is 26.6. The first-order chi connectivity index (χ1) is 14.6. The molecule has 0 amide bonds. The van der Waals surface area contributed by atoms with Gasteiger partial charge in [0.25, 0.3) is 0 Å². The van der Waals surface area contributed by atoms with Crippen molar-refractivity contribution in [2.45, 2.75) is 37.7 Å². The van der Waals surface area contributed by atoms with Crippen molar-refractivity contribution in [3.8, 4) is 11.5 Å². The van der Waals surface area contributed by atoms with Gasteiger partial charge in [0.15, 0.2) is 11.5 Å². The number of methoxy groups -OCH3 is 1. The summed E-state index contributed by atoms with van der Waals surface area (Å²) in [6.07, 6.45) is 3.59. The third kappa shape index (κ3) is 5.30. The van der Waals surface area contributed by atoms with Crippen LogP contribution in [0.25, 0.3) is 0 Å². The van der Waals surface area contributed by atoms with E-state index in [0.717, 1.165) is 25.2 Å². The lowest BCUT2D eigenvalue weighted by Gasteiger charge is -2.39. The first-order valence-corrected chi connectivity index (χ1v) is 10.7. The minimum absolute atomic E-state index is 0.183. The number of ether oxygens (including phenoxy) is 2. The van der Waals surface area contributed by atoms with Gasteiger partial charge >= 0.3 is 0 Å². The van der Waals surface area contributed by atoms with Gasteiger partial charge < -0.3 is 19.5 Å². The number of halogens is 1. The van der Waals surface area contributed by atoms with Crippen molar-refractivity contribution in [3.63, 3.8) is 0 Å². The third-order valence-corrected chi connectivity index (χ3v) is 5.89. The Hall–Kier alpha value is -2.16. The predicted molar refractivity (Wildman–Crippen MR) is 112 cm³/mol. The summed E-state index contributed by atoms with van der Waals surface area (Å²) in [6.45, 7) is 4.87. The van der Waals surface area contributed by atoms with E-state index in [1.807, 2.05) is 41.3 Å². The lowest BCUT2D eigenvalue weighted by molar-refractivity contribution is 0.0500. The fourth-order valence-corrected chi connectivity index (χ4v) is 4.14. The number of β-amino-alcohol motifs (C(OH)–C–C–N with tert-alkyl or cyclic N) is 1. The van der Waals surface area contributed by atoms with Gasteiger partial charge in [0.2, 0.25) is 0 Å².